The number of hydrogen-bond donors (Lipinski definition) is 1. The molecule has 2 aromatic rings. The van der Waals surface area contributed by atoms with E-state index in [4.69, 9.17) is 0 Å². The van der Waals surface area contributed by atoms with Crippen LogP contribution in [0, 0.1) is 5.82 Å². The summed E-state index contributed by atoms with van der Waals surface area (Å²) < 4.78 is 13.5. The van der Waals surface area contributed by atoms with Crippen LogP contribution in [0.25, 0.3) is 0 Å². The molecule has 2 unspecified atom stereocenters. The van der Waals surface area contributed by atoms with Gasteiger partial charge in [0.15, 0.2) is 0 Å². The molecule has 0 aromatic heterocycles. The third-order valence-corrected chi connectivity index (χ3v) is 5.49. The summed E-state index contributed by atoms with van der Waals surface area (Å²) in [6.45, 7) is 0.940. The predicted molar refractivity (Wildman–Crippen MR) is 88.3 cm³/mol. The van der Waals surface area contributed by atoms with Crippen LogP contribution in [0.2, 0.25) is 0 Å². The zero-order chi connectivity index (χ0) is 15.9. The Morgan fingerprint density at radius 3 is 2.35 bits per heavy atom. The first-order valence-corrected chi connectivity index (χ1v) is 8.42. The molecule has 2 aromatic carbocycles. The van der Waals surface area contributed by atoms with Crippen molar-refractivity contribution in [1.82, 2.24) is 4.90 Å². The first-order valence-electron chi connectivity index (χ1n) is 8.42. The van der Waals surface area contributed by atoms with Gasteiger partial charge in [-0.1, -0.05) is 42.5 Å². The van der Waals surface area contributed by atoms with Crippen LogP contribution in [0.4, 0.5) is 4.39 Å². The SMILES string of the molecule is OC1(c2cccc(F)c2)CC2CCC(C1)N2Cc1ccccc1. The lowest BCUT2D eigenvalue weighted by Gasteiger charge is -2.44. The minimum Gasteiger partial charge on any atom is -0.385 e. The summed E-state index contributed by atoms with van der Waals surface area (Å²) in [5.74, 6) is -0.269. The number of hydrogen-bond acceptors (Lipinski definition) is 2. The molecule has 1 N–H and O–H groups in total. The van der Waals surface area contributed by atoms with Gasteiger partial charge in [-0.3, -0.25) is 4.90 Å². The highest BCUT2D eigenvalue weighted by Crippen LogP contribution is 2.46. The number of fused-ring (bicyclic) bond motifs is 2. The van der Waals surface area contributed by atoms with Crippen LogP contribution in [-0.2, 0) is 12.1 Å². The Labute approximate surface area is 136 Å². The van der Waals surface area contributed by atoms with Crippen LogP contribution < -0.4 is 0 Å². The first-order chi connectivity index (χ1) is 11.1. The van der Waals surface area contributed by atoms with Crippen molar-refractivity contribution in [3.63, 3.8) is 0 Å². The summed E-state index contributed by atoms with van der Waals surface area (Å²) in [6.07, 6.45) is 3.63. The molecule has 2 fully saturated rings. The van der Waals surface area contributed by atoms with Crippen molar-refractivity contribution in [1.29, 1.82) is 0 Å². The van der Waals surface area contributed by atoms with E-state index >= 15 is 0 Å². The molecular weight excluding hydrogens is 289 g/mol. The van der Waals surface area contributed by atoms with Crippen molar-refractivity contribution in [2.45, 2.75) is 49.9 Å². The van der Waals surface area contributed by atoms with Gasteiger partial charge in [0, 0.05) is 18.6 Å². The van der Waals surface area contributed by atoms with Crippen molar-refractivity contribution < 1.29 is 9.50 Å². The van der Waals surface area contributed by atoms with E-state index in [2.05, 4.69) is 29.2 Å². The molecule has 4 rings (SSSR count). The molecule has 0 aliphatic carbocycles. The first kappa shape index (κ1) is 14.9. The molecule has 2 heterocycles. The van der Waals surface area contributed by atoms with Gasteiger partial charge in [-0.2, -0.15) is 0 Å². The highest BCUT2D eigenvalue weighted by atomic mass is 19.1. The molecule has 2 aliphatic heterocycles. The molecule has 0 spiro atoms. The third kappa shape index (κ3) is 2.79. The van der Waals surface area contributed by atoms with Crippen LogP contribution in [0.15, 0.2) is 54.6 Å². The molecule has 23 heavy (non-hydrogen) atoms. The van der Waals surface area contributed by atoms with Gasteiger partial charge in [0.05, 0.1) is 5.60 Å². The molecular formula is C20H22FNO. The Balaban J connectivity index is 1.55. The largest absolute Gasteiger partial charge is 0.385 e. The maximum Gasteiger partial charge on any atom is 0.123 e. The Morgan fingerprint density at radius 1 is 1.00 bits per heavy atom. The van der Waals surface area contributed by atoms with Crippen molar-refractivity contribution in [3.05, 3.63) is 71.5 Å². The third-order valence-electron chi connectivity index (χ3n) is 5.49. The number of piperidine rings is 1. The van der Waals surface area contributed by atoms with Gasteiger partial charge in [0.1, 0.15) is 5.82 Å². The molecule has 2 aliphatic rings. The fraction of sp³-hybridized carbons (Fsp3) is 0.400. The van der Waals surface area contributed by atoms with Crippen molar-refractivity contribution in [2.24, 2.45) is 0 Å². The molecule has 120 valence electrons. The van der Waals surface area contributed by atoms with E-state index < -0.39 is 5.60 Å². The van der Waals surface area contributed by atoms with Gasteiger partial charge < -0.3 is 5.11 Å². The topological polar surface area (TPSA) is 23.5 Å². The lowest BCUT2D eigenvalue weighted by Crippen LogP contribution is -2.49. The minimum atomic E-state index is -0.888. The fourth-order valence-corrected chi connectivity index (χ4v) is 4.38. The monoisotopic (exact) mass is 311 g/mol. The number of rotatable bonds is 3. The van der Waals surface area contributed by atoms with Gasteiger partial charge in [0.25, 0.3) is 0 Å². The standard InChI is InChI=1S/C20H22FNO/c21-17-8-4-7-16(11-17)20(23)12-18-9-10-19(13-20)22(18)14-15-5-2-1-3-6-15/h1-8,11,18-19,23H,9-10,12-14H2. The molecule has 3 heteroatoms. The predicted octanol–water partition coefficient (Wildman–Crippen LogP) is 3.84. The normalized spacial score (nSPS) is 30.5. The minimum absolute atomic E-state index is 0.269. The second-order valence-corrected chi connectivity index (χ2v) is 6.99. The summed E-state index contributed by atoms with van der Waals surface area (Å²) >= 11 is 0. The van der Waals surface area contributed by atoms with E-state index in [0.717, 1.165) is 24.9 Å². The van der Waals surface area contributed by atoms with Gasteiger partial charge in [0.2, 0.25) is 0 Å². The number of halogens is 1. The number of benzene rings is 2. The van der Waals surface area contributed by atoms with Gasteiger partial charge in [-0.15, -0.1) is 0 Å². The smallest absolute Gasteiger partial charge is 0.123 e. The summed E-state index contributed by atoms with van der Waals surface area (Å²) in [6, 6.07) is 17.7. The molecule has 2 atom stereocenters. The van der Waals surface area contributed by atoms with Crippen molar-refractivity contribution >= 4 is 0 Å². The summed E-state index contributed by atoms with van der Waals surface area (Å²) in [4.78, 5) is 2.53. The van der Waals surface area contributed by atoms with Crippen LogP contribution in [0.1, 0.15) is 36.8 Å². The Kier molecular flexibility index (Phi) is 3.70. The Morgan fingerprint density at radius 2 is 1.70 bits per heavy atom. The van der Waals surface area contributed by atoms with Crippen LogP contribution >= 0.6 is 0 Å². The molecule has 2 saturated heterocycles. The zero-order valence-corrected chi connectivity index (χ0v) is 13.2. The fourth-order valence-electron chi connectivity index (χ4n) is 4.38. The number of nitrogens with zero attached hydrogens (tertiary/aromatic N) is 1. The van der Waals surface area contributed by atoms with Crippen LogP contribution in [0.3, 0.4) is 0 Å². The van der Waals surface area contributed by atoms with Gasteiger partial charge in [-0.25, -0.2) is 4.39 Å². The lowest BCUT2D eigenvalue weighted by molar-refractivity contribution is -0.0596. The second kappa shape index (κ2) is 5.73. The van der Waals surface area contributed by atoms with Crippen molar-refractivity contribution in [3.8, 4) is 0 Å². The van der Waals surface area contributed by atoms with E-state index in [-0.39, 0.29) is 5.82 Å². The van der Waals surface area contributed by atoms with E-state index in [1.165, 1.54) is 17.7 Å². The van der Waals surface area contributed by atoms with E-state index in [1.807, 2.05) is 12.1 Å². The summed E-state index contributed by atoms with van der Waals surface area (Å²) in [5.41, 5.74) is 1.16. The zero-order valence-electron chi connectivity index (χ0n) is 13.2. The van der Waals surface area contributed by atoms with Crippen LogP contribution in [-0.4, -0.2) is 22.1 Å². The van der Waals surface area contributed by atoms with E-state index in [9.17, 15) is 9.50 Å². The highest BCUT2D eigenvalue weighted by Gasteiger charge is 2.48. The molecule has 2 bridgehead atoms. The average Bonchev–Trinajstić information content (AvgIpc) is 2.80. The Bertz CT molecular complexity index is 673. The lowest BCUT2D eigenvalue weighted by atomic mass is 9.80. The van der Waals surface area contributed by atoms with E-state index in [0.29, 0.717) is 24.9 Å². The quantitative estimate of drug-likeness (QED) is 0.931. The maximum absolute atomic E-state index is 13.5. The molecule has 0 radical (unpaired) electrons. The molecule has 0 amide bonds. The Hall–Kier alpha value is -1.71. The second-order valence-electron chi connectivity index (χ2n) is 6.99. The highest BCUT2D eigenvalue weighted by molar-refractivity contribution is 5.26. The van der Waals surface area contributed by atoms with Crippen LogP contribution in [0.5, 0.6) is 0 Å². The van der Waals surface area contributed by atoms with E-state index in [1.54, 1.807) is 6.07 Å². The number of aliphatic hydroxyl groups is 1. The molecule has 0 saturated carbocycles. The summed E-state index contributed by atoms with van der Waals surface area (Å²) in [5, 5.41) is 11.1. The van der Waals surface area contributed by atoms with Gasteiger partial charge >= 0.3 is 0 Å². The van der Waals surface area contributed by atoms with Crippen molar-refractivity contribution in [2.75, 3.05) is 0 Å². The molecule has 2 nitrogen and oxygen atoms in total. The van der Waals surface area contributed by atoms with Gasteiger partial charge in [-0.05, 0) is 48.9 Å². The summed E-state index contributed by atoms with van der Waals surface area (Å²) in [7, 11) is 0. The average molecular weight is 311 g/mol. The maximum atomic E-state index is 13.5.